The van der Waals surface area contributed by atoms with Gasteiger partial charge in [-0.3, -0.25) is 14.8 Å². The van der Waals surface area contributed by atoms with E-state index in [0.29, 0.717) is 34.5 Å². The Labute approximate surface area is 170 Å². The highest BCUT2D eigenvalue weighted by Gasteiger charge is 2.14. The van der Waals surface area contributed by atoms with E-state index in [4.69, 9.17) is 21.1 Å². The smallest absolute Gasteiger partial charge is 0.335 e. The number of aromatic nitrogens is 2. The van der Waals surface area contributed by atoms with Crippen LogP contribution in [0, 0.1) is 0 Å². The Morgan fingerprint density at radius 2 is 1.93 bits per heavy atom. The topological polar surface area (TPSA) is 106 Å². The predicted octanol–water partition coefficient (Wildman–Crippen LogP) is 3.04. The first-order chi connectivity index (χ1) is 13.9. The molecule has 0 saturated carbocycles. The molecule has 29 heavy (non-hydrogen) atoms. The number of hydrogen-bond donors (Lipinski definition) is 2. The quantitative estimate of drug-likeness (QED) is 0.602. The van der Waals surface area contributed by atoms with Crippen LogP contribution in [0.3, 0.4) is 0 Å². The summed E-state index contributed by atoms with van der Waals surface area (Å²) in [6, 6.07) is 11.3. The molecule has 8 nitrogen and oxygen atoms in total. The van der Waals surface area contributed by atoms with Gasteiger partial charge in [0.2, 0.25) is 5.88 Å². The standard InChI is InChI=1S/C20H18ClN3O5/c1-3-29-14-7-5-13(6-8-14)24-19(26)15(18(25)23-20(24)27)11-22-12-4-9-17(28-2)16(21)10-12/h4-11,26H,3H2,1-2H3,(H,23,25,27). The van der Waals surface area contributed by atoms with Crippen molar-refractivity contribution < 1.29 is 14.6 Å². The molecule has 0 aliphatic heterocycles. The number of ether oxygens (including phenoxy) is 2. The molecule has 0 radical (unpaired) electrons. The maximum absolute atomic E-state index is 12.3. The molecule has 0 amide bonds. The van der Waals surface area contributed by atoms with Gasteiger partial charge in [0, 0.05) is 6.21 Å². The number of aromatic hydroxyl groups is 1. The first-order valence-electron chi connectivity index (χ1n) is 8.63. The number of nitrogens with zero attached hydrogens (tertiary/aromatic N) is 2. The van der Waals surface area contributed by atoms with Crippen molar-refractivity contribution in [1.82, 2.24) is 9.55 Å². The number of aromatic amines is 1. The fourth-order valence-corrected chi connectivity index (χ4v) is 2.88. The summed E-state index contributed by atoms with van der Waals surface area (Å²) in [4.78, 5) is 30.8. The third-order valence-electron chi connectivity index (χ3n) is 4.00. The van der Waals surface area contributed by atoms with Crippen molar-refractivity contribution in [1.29, 1.82) is 0 Å². The van der Waals surface area contributed by atoms with E-state index in [1.165, 1.54) is 7.11 Å². The van der Waals surface area contributed by atoms with E-state index in [0.717, 1.165) is 10.8 Å². The molecule has 0 bridgehead atoms. The van der Waals surface area contributed by atoms with Crippen LogP contribution >= 0.6 is 11.6 Å². The third-order valence-corrected chi connectivity index (χ3v) is 4.30. The first kappa shape index (κ1) is 20.2. The van der Waals surface area contributed by atoms with Crippen LogP contribution in [-0.2, 0) is 0 Å². The fraction of sp³-hybridized carbons (Fsp3) is 0.150. The molecule has 9 heteroatoms. The lowest BCUT2D eigenvalue weighted by atomic mass is 10.2. The van der Waals surface area contributed by atoms with E-state index < -0.39 is 17.1 Å². The summed E-state index contributed by atoms with van der Waals surface area (Å²) in [5.74, 6) is 0.563. The molecule has 2 aromatic carbocycles. The van der Waals surface area contributed by atoms with Crippen LogP contribution in [0.5, 0.6) is 17.4 Å². The average molecular weight is 416 g/mol. The summed E-state index contributed by atoms with van der Waals surface area (Å²) < 4.78 is 11.4. The van der Waals surface area contributed by atoms with Crippen molar-refractivity contribution in [3.63, 3.8) is 0 Å². The number of hydrogen-bond acceptors (Lipinski definition) is 6. The second-order valence-corrected chi connectivity index (χ2v) is 6.24. The Hall–Kier alpha value is -3.52. The number of benzene rings is 2. The Morgan fingerprint density at radius 1 is 1.21 bits per heavy atom. The number of rotatable bonds is 6. The van der Waals surface area contributed by atoms with Crippen molar-refractivity contribution >= 4 is 23.5 Å². The Morgan fingerprint density at radius 3 is 2.55 bits per heavy atom. The number of methoxy groups -OCH3 is 1. The first-order valence-corrected chi connectivity index (χ1v) is 9.01. The largest absolute Gasteiger partial charge is 0.495 e. The molecule has 0 aliphatic carbocycles. The van der Waals surface area contributed by atoms with E-state index in [1.54, 1.807) is 42.5 Å². The molecule has 0 unspecified atom stereocenters. The molecule has 2 N–H and O–H groups in total. The predicted molar refractivity (Wildman–Crippen MR) is 111 cm³/mol. The van der Waals surface area contributed by atoms with Crippen LogP contribution in [0.4, 0.5) is 5.69 Å². The van der Waals surface area contributed by atoms with Gasteiger partial charge in [0.25, 0.3) is 5.56 Å². The van der Waals surface area contributed by atoms with Gasteiger partial charge in [-0.1, -0.05) is 11.6 Å². The molecule has 0 aliphatic rings. The number of H-pyrrole nitrogens is 1. The summed E-state index contributed by atoms with van der Waals surface area (Å²) in [5, 5.41) is 10.9. The summed E-state index contributed by atoms with van der Waals surface area (Å²) in [5.41, 5.74) is -0.924. The van der Waals surface area contributed by atoms with Crippen molar-refractivity contribution in [3.05, 3.63) is 73.9 Å². The summed E-state index contributed by atoms with van der Waals surface area (Å²) in [7, 11) is 1.49. The normalized spacial score (nSPS) is 11.0. The van der Waals surface area contributed by atoms with E-state index >= 15 is 0 Å². The number of halogens is 1. The Bertz CT molecular complexity index is 1170. The van der Waals surface area contributed by atoms with E-state index in [9.17, 15) is 14.7 Å². The lowest BCUT2D eigenvalue weighted by Crippen LogP contribution is -2.31. The molecular formula is C20H18ClN3O5. The minimum Gasteiger partial charge on any atom is -0.495 e. The lowest BCUT2D eigenvalue weighted by molar-refractivity contribution is 0.340. The maximum atomic E-state index is 12.3. The highest BCUT2D eigenvalue weighted by molar-refractivity contribution is 6.32. The molecule has 1 heterocycles. The van der Waals surface area contributed by atoms with E-state index in [2.05, 4.69) is 9.98 Å². The summed E-state index contributed by atoms with van der Waals surface area (Å²) >= 11 is 6.06. The van der Waals surface area contributed by atoms with Crippen molar-refractivity contribution in [3.8, 4) is 23.1 Å². The Kier molecular flexibility index (Phi) is 6.04. The van der Waals surface area contributed by atoms with Gasteiger partial charge in [0.15, 0.2) is 0 Å². The van der Waals surface area contributed by atoms with Gasteiger partial charge in [-0.15, -0.1) is 0 Å². The molecule has 0 saturated heterocycles. The fourth-order valence-electron chi connectivity index (χ4n) is 2.63. The van der Waals surface area contributed by atoms with Gasteiger partial charge in [-0.05, 0) is 49.4 Å². The molecule has 1 aromatic heterocycles. The molecule has 3 aromatic rings. The minimum atomic E-state index is -0.777. The molecule has 3 rings (SSSR count). The summed E-state index contributed by atoms with van der Waals surface area (Å²) in [6.07, 6.45) is 1.16. The second kappa shape index (κ2) is 8.66. The molecule has 0 spiro atoms. The van der Waals surface area contributed by atoms with Gasteiger partial charge in [-0.25, -0.2) is 9.36 Å². The van der Waals surface area contributed by atoms with Crippen LogP contribution in [0.1, 0.15) is 12.5 Å². The van der Waals surface area contributed by atoms with Crippen LogP contribution in [0.25, 0.3) is 5.69 Å². The maximum Gasteiger partial charge on any atom is 0.335 e. The third kappa shape index (κ3) is 4.33. The van der Waals surface area contributed by atoms with Gasteiger partial charge >= 0.3 is 5.69 Å². The molecular weight excluding hydrogens is 398 g/mol. The number of aliphatic imine (C=N–C) groups is 1. The van der Waals surface area contributed by atoms with Crippen molar-refractivity contribution in [2.75, 3.05) is 13.7 Å². The highest BCUT2D eigenvalue weighted by Crippen LogP contribution is 2.28. The van der Waals surface area contributed by atoms with Gasteiger partial charge in [0.05, 0.1) is 30.1 Å². The van der Waals surface area contributed by atoms with Gasteiger partial charge < -0.3 is 14.6 Å². The van der Waals surface area contributed by atoms with Crippen LogP contribution < -0.4 is 20.7 Å². The summed E-state index contributed by atoms with van der Waals surface area (Å²) in [6.45, 7) is 2.35. The number of nitrogens with one attached hydrogen (secondary N) is 1. The zero-order valence-electron chi connectivity index (χ0n) is 15.7. The Balaban J connectivity index is 2.02. The van der Waals surface area contributed by atoms with E-state index in [-0.39, 0.29) is 5.56 Å². The van der Waals surface area contributed by atoms with Gasteiger partial charge in [-0.2, -0.15) is 0 Å². The van der Waals surface area contributed by atoms with Crippen molar-refractivity contribution in [2.24, 2.45) is 4.99 Å². The monoisotopic (exact) mass is 415 g/mol. The zero-order chi connectivity index (χ0) is 21.0. The van der Waals surface area contributed by atoms with Crippen LogP contribution in [-0.4, -0.2) is 34.6 Å². The van der Waals surface area contributed by atoms with Gasteiger partial charge in [0.1, 0.15) is 17.1 Å². The van der Waals surface area contributed by atoms with Crippen LogP contribution in [0.15, 0.2) is 57.0 Å². The van der Waals surface area contributed by atoms with Crippen molar-refractivity contribution in [2.45, 2.75) is 6.92 Å². The minimum absolute atomic E-state index is 0.176. The molecule has 150 valence electrons. The zero-order valence-corrected chi connectivity index (χ0v) is 16.4. The molecule has 0 atom stereocenters. The lowest BCUT2D eigenvalue weighted by Gasteiger charge is -2.10. The molecule has 0 fully saturated rings. The highest BCUT2D eigenvalue weighted by atomic mass is 35.5. The second-order valence-electron chi connectivity index (χ2n) is 5.84. The van der Waals surface area contributed by atoms with E-state index in [1.807, 2.05) is 6.92 Å². The SMILES string of the molecule is CCOc1ccc(-n2c(O)c(C=Nc3ccc(OC)c(Cl)c3)c(=O)[nH]c2=O)cc1. The van der Waals surface area contributed by atoms with Crippen LogP contribution in [0.2, 0.25) is 5.02 Å². The average Bonchev–Trinajstić information content (AvgIpc) is 2.69.